The van der Waals surface area contributed by atoms with E-state index in [9.17, 15) is 9.59 Å². The zero-order chi connectivity index (χ0) is 20.9. The molecule has 1 saturated heterocycles. The Balaban J connectivity index is 1.93. The number of hydrogen-bond acceptors (Lipinski definition) is 2. The lowest BCUT2D eigenvalue weighted by molar-refractivity contribution is -0.140. The average molecular weight is 393 g/mol. The van der Waals surface area contributed by atoms with Crippen molar-refractivity contribution in [3.8, 4) is 11.1 Å². The summed E-state index contributed by atoms with van der Waals surface area (Å²) in [4.78, 5) is 27.2. The Morgan fingerprint density at radius 2 is 1.59 bits per heavy atom. The van der Waals surface area contributed by atoms with E-state index in [0.717, 1.165) is 0 Å². The molecule has 4 nitrogen and oxygen atoms in total. The topological polar surface area (TPSA) is 49.4 Å². The van der Waals surface area contributed by atoms with Crippen LogP contribution in [0.5, 0.6) is 0 Å². The van der Waals surface area contributed by atoms with Crippen LogP contribution in [0.2, 0.25) is 0 Å². The maximum Gasteiger partial charge on any atom is 0.226 e. The van der Waals surface area contributed by atoms with Gasteiger partial charge in [0.15, 0.2) is 0 Å². The lowest BCUT2D eigenvalue weighted by Crippen LogP contribution is -2.51. The van der Waals surface area contributed by atoms with Crippen molar-refractivity contribution in [3.05, 3.63) is 59.7 Å². The maximum absolute atomic E-state index is 13.2. The molecule has 0 atom stereocenters. The molecule has 0 radical (unpaired) electrons. The highest BCUT2D eigenvalue weighted by molar-refractivity contribution is 5.84. The molecule has 1 aliphatic heterocycles. The van der Waals surface area contributed by atoms with Gasteiger partial charge in [-0.15, -0.1) is 0 Å². The van der Waals surface area contributed by atoms with E-state index in [0.29, 0.717) is 45.3 Å². The standard InChI is InChI=1S/C25H32N2O2/c1-4-23(28)27-16-14-25(15-17-27,24(29)26-5-2)18-20-11-7-9-13-22(20)21-12-8-6-10-19(21)3/h6-13H,4-5,14-18H2,1-3H3,(H,26,29). The molecule has 154 valence electrons. The number of carbonyl (C=O) groups excluding carboxylic acids is 2. The quantitative estimate of drug-likeness (QED) is 0.794. The first-order chi connectivity index (χ1) is 14.0. The number of likely N-dealkylation sites (tertiary alicyclic amines) is 1. The number of rotatable bonds is 6. The van der Waals surface area contributed by atoms with Crippen LogP contribution in [0.25, 0.3) is 11.1 Å². The number of amides is 2. The first kappa shape index (κ1) is 21.1. The Hall–Kier alpha value is -2.62. The van der Waals surface area contributed by atoms with E-state index in [1.807, 2.05) is 18.7 Å². The molecule has 3 rings (SSSR count). The van der Waals surface area contributed by atoms with Gasteiger partial charge in [-0.05, 0) is 55.4 Å². The summed E-state index contributed by atoms with van der Waals surface area (Å²) >= 11 is 0. The Morgan fingerprint density at radius 3 is 2.21 bits per heavy atom. The number of nitrogens with one attached hydrogen (secondary N) is 1. The van der Waals surface area contributed by atoms with Gasteiger partial charge in [-0.25, -0.2) is 0 Å². The molecule has 1 N–H and O–H groups in total. The summed E-state index contributed by atoms with van der Waals surface area (Å²) in [6, 6.07) is 16.8. The van der Waals surface area contributed by atoms with Crippen molar-refractivity contribution in [1.29, 1.82) is 0 Å². The fourth-order valence-electron chi connectivity index (χ4n) is 4.42. The van der Waals surface area contributed by atoms with Crippen molar-refractivity contribution in [2.45, 2.75) is 46.5 Å². The number of hydrogen-bond donors (Lipinski definition) is 1. The molecule has 1 fully saturated rings. The SMILES string of the molecule is CCNC(=O)C1(Cc2ccccc2-c2ccccc2C)CCN(C(=O)CC)CC1. The predicted octanol–water partition coefficient (Wildman–Crippen LogP) is 4.36. The maximum atomic E-state index is 13.2. The lowest BCUT2D eigenvalue weighted by Gasteiger charge is -2.41. The highest BCUT2D eigenvalue weighted by Crippen LogP contribution is 2.39. The molecule has 4 heteroatoms. The van der Waals surface area contributed by atoms with Crippen LogP contribution in [0, 0.1) is 12.3 Å². The molecule has 0 unspecified atom stereocenters. The lowest BCUT2D eigenvalue weighted by atomic mass is 9.71. The van der Waals surface area contributed by atoms with E-state index in [-0.39, 0.29) is 11.8 Å². The van der Waals surface area contributed by atoms with Gasteiger partial charge in [0.05, 0.1) is 5.41 Å². The van der Waals surface area contributed by atoms with Crippen LogP contribution in [0.1, 0.15) is 44.2 Å². The first-order valence-corrected chi connectivity index (χ1v) is 10.7. The van der Waals surface area contributed by atoms with Crippen molar-refractivity contribution < 1.29 is 9.59 Å². The molecule has 29 heavy (non-hydrogen) atoms. The van der Waals surface area contributed by atoms with E-state index in [1.54, 1.807) is 0 Å². The Labute approximate surface area is 174 Å². The van der Waals surface area contributed by atoms with E-state index >= 15 is 0 Å². The zero-order valence-corrected chi connectivity index (χ0v) is 17.8. The largest absolute Gasteiger partial charge is 0.356 e. The van der Waals surface area contributed by atoms with Crippen molar-refractivity contribution in [2.75, 3.05) is 19.6 Å². The highest BCUT2D eigenvalue weighted by Gasteiger charge is 2.42. The van der Waals surface area contributed by atoms with Gasteiger partial charge in [0.2, 0.25) is 11.8 Å². The third kappa shape index (κ3) is 4.52. The van der Waals surface area contributed by atoms with Gasteiger partial charge < -0.3 is 10.2 Å². The van der Waals surface area contributed by atoms with E-state index in [4.69, 9.17) is 0 Å². The molecule has 0 bridgehead atoms. The molecule has 1 aliphatic rings. The van der Waals surface area contributed by atoms with Crippen molar-refractivity contribution >= 4 is 11.8 Å². The molecule has 0 aromatic heterocycles. The molecule has 0 saturated carbocycles. The summed E-state index contributed by atoms with van der Waals surface area (Å²) in [6.45, 7) is 7.90. The molecule has 2 aromatic carbocycles. The smallest absolute Gasteiger partial charge is 0.226 e. The first-order valence-electron chi connectivity index (χ1n) is 10.7. The number of nitrogens with zero attached hydrogens (tertiary/aromatic N) is 1. The third-order valence-electron chi connectivity index (χ3n) is 6.18. The second kappa shape index (κ2) is 9.25. The van der Waals surface area contributed by atoms with Crippen molar-refractivity contribution in [3.63, 3.8) is 0 Å². The van der Waals surface area contributed by atoms with Gasteiger partial charge in [-0.3, -0.25) is 9.59 Å². The van der Waals surface area contributed by atoms with Crippen LogP contribution in [-0.2, 0) is 16.0 Å². The van der Waals surface area contributed by atoms with Crippen molar-refractivity contribution in [1.82, 2.24) is 10.2 Å². The summed E-state index contributed by atoms with van der Waals surface area (Å²) in [5.41, 5.74) is 4.37. The van der Waals surface area contributed by atoms with Crippen LogP contribution >= 0.6 is 0 Å². The molecular weight excluding hydrogens is 360 g/mol. The summed E-state index contributed by atoms with van der Waals surface area (Å²) in [7, 11) is 0. The van der Waals surface area contributed by atoms with Crippen LogP contribution in [0.15, 0.2) is 48.5 Å². The van der Waals surface area contributed by atoms with Gasteiger partial charge in [-0.2, -0.15) is 0 Å². The van der Waals surface area contributed by atoms with Crippen LogP contribution in [0.3, 0.4) is 0 Å². The second-order valence-corrected chi connectivity index (χ2v) is 8.02. The summed E-state index contributed by atoms with van der Waals surface area (Å²) in [5, 5.41) is 3.06. The van der Waals surface area contributed by atoms with Gasteiger partial charge in [0, 0.05) is 26.1 Å². The minimum Gasteiger partial charge on any atom is -0.356 e. The summed E-state index contributed by atoms with van der Waals surface area (Å²) < 4.78 is 0. The van der Waals surface area contributed by atoms with E-state index in [1.165, 1.54) is 22.3 Å². The van der Waals surface area contributed by atoms with Crippen molar-refractivity contribution in [2.24, 2.45) is 5.41 Å². The minimum absolute atomic E-state index is 0.114. The number of benzene rings is 2. The van der Waals surface area contributed by atoms with Gasteiger partial charge in [0.1, 0.15) is 0 Å². The van der Waals surface area contributed by atoms with Crippen LogP contribution in [0.4, 0.5) is 0 Å². The Kier molecular flexibility index (Phi) is 6.73. The molecule has 1 heterocycles. The number of carbonyl (C=O) groups is 2. The summed E-state index contributed by atoms with van der Waals surface area (Å²) in [5.74, 6) is 0.290. The third-order valence-corrected chi connectivity index (χ3v) is 6.18. The average Bonchev–Trinajstić information content (AvgIpc) is 2.75. The van der Waals surface area contributed by atoms with Crippen LogP contribution < -0.4 is 5.32 Å². The fraction of sp³-hybridized carbons (Fsp3) is 0.440. The minimum atomic E-state index is -0.473. The molecule has 2 aromatic rings. The van der Waals surface area contributed by atoms with Gasteiger partial charge in [0.25, 0.3) is 0 Å². The Bertz CT molecular complexity index is 867. The molecular formula is C25H32N2O2. The number of piperidine rings is 1. The fourth-order valence-corrected chi connectivity index (χ4v) is 4.42. The molecule has 0 aliphatic carbocycles. The van der Waals surface area contributed by atoms with Gasteiger partial charge in [-0.1, -0.05) is 55.5 Å². The predicted molar refractivity (Wildman–Crippen MR) is 118 cm³/mol. The van der Waals surface area contributed by atoms with Crippen LogP contribution in [-0.4, -0.2) is 36.3 Å². The Morgan fingerprint density at radius 1 is 0.966 bits per heavy atom. The molecule has 2 amide bonds. The number of aryl methyl sites for hydroxylation is 1. The van der Waals surface area contributed by atoms with Gasteiger partial charge >= 0.3 is 0 Å². The summed E-state index contributed by atoms with van der Waals surface area (Å²) in [6.07, 6.45) is 2.61. The normalized spacial score (nSPS) is 15.8. The second-order valence-electron chi connectivity index (χ2n) is 8.02. The van der Waals surface area contributed by atoms with E-state index < -0.39 is 5.41 Å². The zero-order valence-electron chi connectivity index (χ0n) is 17.8. The highest BCUT2D eigenvalue weighted by atomic mass is 16.2. The van der Waals surface area contributed by atoms with E-state index in [2.05, 4.69) is 60.8 Å². The molecule has 0 spiro atoms. The monoisotopic (exact) mass is 392 g/mol.